The lowest BCUT2D eigenvalue weighted by Gasteiger charge is -2.20. The Morgan fingerprint density at radius 2 is 2.00 bits per heavy atom. The van der Waals surface area contributed by atoms with Crippen LogP contribution < -0.4 is 0 Å². The van der Waals surface area contributed by atoms with Crippen LogP contribution in [0.5, 0.6) is 0 Å². The third-order valence-electron chi connectivity index (χ3n) is 1.84. The molecule has 1 unspecified atom stereocenters. The smallest absolute Gasteiger partial charge is 0.214 e. The van der Waals surface area contributed by atoms with Crippen LogP contribution in [0.2, 0.25) is 0 Å². The molecule has 0 aliphatic rings. The monoisotopic (exact) mass is 284 g/mol. The zero-order chi connectivity index (χ0) is 8.91. The van der Waals surface area contributed by atoms with Gasteiger partial charge < -0.3 is 0 Å². The average Bonchev–Trinajstić information content (AvgIpc) is 2.00. The van der Waals surface area contributed by atoms with Gasteiger partial charge >= 0.3 is 0 Å². The molecule has 0 rings (SSSR count). The molecule has 0 aliphatic heterocycles. The average molecular weight is 286 g/mol. The fourth-order valence-corrected chi connectivity index (χ4v) is 1.63. The quantitative estimate of drug-likeness (QED) is 0.557. The van der Waals surface area contributed by atoms with Gasteiger partial charge in [-0.05, 0) is 28.8 Å². The minimum absolute atomic E-state index is 0.0703. The van der Waals surface area contributed by atoms with Gasteiger partial charge in [0.15, 0.2) is 0 Å². The van der Waals surface area contributed by atoms with Crippen molar-refractivity contribution in [3.8, 4) is 0 Å². The zero-order valence-electron chi connectivity index (χ0n) is 6.99. The number of hydrogen-bond acceptors (Lipinski definition) is 1. The lowest BCUT2D eigenvalue weighted by molar-refractivity contribution is -0.112. The number of alkyl halides is 1. The summed E-state index contributed by atoms with van der Waals surface area (Å²) in [7, 11) is 0. The third kappa shape index (κ3) is 3.70. The molecular weight excluding hydrogens is 272 g/mol. The summed E-state index contributed by atoms with van der Waals surface area (Å²) >= 11 is 6.45. The largest absolute Gasteiger partial charge is 0.285 e. The number of carbonyl (C=O) groups excluding carboxylic acids is 1. The molecule has 0 heterocycles. The highest BCUT2D eigenvalue weighted by Crippen LogP contribution is 2.31. The Morgan fingerprint density at radius 3 is 2.27 bits per heavy atom. The summed E-state index contributed by atoms with van der Waals surface area (Å²) in [4.78, 5) is 11.1. The van der Waals surface area contributed by atoms with Crippen LogP contribution in [0.3, 0.4) is 0 Å². The second kappa shape index (κ2) is 5.31. The highest BCUT2D eigenvalue weighted by molar-refractivity contribution is 9.20. The fourth-order valence-electron chi connectivity index (χ4n) is 0.871. The van der Waals surface area contributed by atoms with Crippen LogP contribution >= 0.6 is 31.9 Å². The predicted molar refractivity (Wildman–Crippen MR) is 55.4 cm³/mol. The first-order valence-corrected chi connectivity index (χ1v) is 5.54. The van der Waals surface area contributed by atoms with Crippen molar-refractivity contribution in [3.63, 3.8) is 0 Å². The zero-order valence-corrected chi connectivity index (χ0v) is 10.2. The summed E-state index contributed by atoms with van der Waals surface area (Å²) < 4.78 is -0.246. The first-order valence-electron chi connectivity index (χ1n) is 3.95. The van der Waals surface area contributed by atoms with Crippen molar-refractivity contribution in [1.82, 2.24) is 0 Å². The van der Waals surface area contributed by atoms with E-state index in [0.717, 1.165) is 25.7 Å². The Balaban J connectivity index is 3.99. The summed E-state index contributed by atoms with van der Waals surface area (Å²) in [5.41, 5.74) is 0. The third-order valence-corrected chi connectivity index (χ3v) is 4.45. The second-order valence-corrected chi connectivity index (χ2v) is 4.93. The molecule has 0 aromatic carbocycles. The Hall–Kier alpha value is 0.630. The number of rotatable bonds is 5. The lowest BCUT2D eigenvalue weighted by Crippen LogP contribution is -2.26. The standard InChI is InChI=1S/C8H14Br2O/c1-3-5-6-8(10,4-2)7(9)11/h3-6H2,1-2H3. The molecule has 11 heavy (non-hydrogen) atoms. The van der Waals surface area contributed by atoms with Gasteiger partial charge in [0.05, 0.1) is 4.32 Å². The minimum Gasteiger partial charge on any atom is -0.285 e. The van der Waals surface area contributed by atoms with Gasteiger partial charge in [-0.25, -0.2) is 0 Å². The summed E-state index contributed by atoms with van der Waals surface area (Å²) in [5, 5.41) is 0. The summed E-state index contributed by atoms with van der Waals surface area (Å²) in [6.45, 7) is 4.14. The Bertz CT molecular complexity index is 136. The highest BCUT2D eigenvalue weighted by atomic mass is 79.9. The van der Waals surface area contributed by atoms with E-state index in [2.05, 4.69) is 38.8 Å². The van der Waals surface area contributed by atoms with Crippen molar-refractivity contribution in [2.24, 2.45) is 0 Å². The summed E-state index contributed by atoms with van der Waals surface area (Å²) in [5.74, 6) is 0. The molecule has 0 aliphatic carbocycles. The van der Waals surface area contributed by atoms with Crippen molar-refractivity contribution in [2.45, 2.75) is 43.9 Å². The fraction of sp³-hybridized carbons (Fsp3) is 0.875. The van der Waals surface area contributed by atoms with Gasteiger partial charge in [0.1, 0.15) is 0 Å². The van der Waals surface area contributed by atoms with E-state index < -0.39 is 0 Å². The maximum Gasteiger partial charge on any atom is 0.214 e. The predicted octanol–water partition coefficient (Wildman–Crippen LogP) is 3.64. The molecule has 0 fully saturated rings. The van der Waals surface area contributed by atoms with Crippen LogP contribution in [0.4, 0.5) is 0 Å². The van der Waals surface area contributed by atoms with E-state index in [9.17, 15) is 4.79 Å². The molecule has 0 aromatic heterocycles. The number of hydrogen-bond donors (Lipinski definition) is 0. The van der Waals surface area contributed by atoms with E-state index in [1.54, 1.807) is 0 Å². The van der Waals surface area contributed by atoms with E-state index in [-0.39, 0.29) is 9.02 Å². The van der Waals surface area contributed by atoms with Gasteiger partial charge in [-0.1, -0.05) is 42.6 Å². The number of halogens is 2. The van der Waals surface area contributed by atoms with Gasteiger partial charge in [-0.2, -0.15) is 0 Å². The molecule has 0 bridgehead atoms. The lowest BCUT2D eigenvalue weighted by atomic mass is 10.0. The van der Waals surface area contributed by atoms with Gasteiger partial charge in [0.2, 0.25) is 4.69 Å². The summed E-state index contributed by atoms with van der Waals surface area (Å²) in [6.07, 6.45) is 3.99. The topological polar surface area (TPSA) is 17.1 Å². The summed E-state index contributed by atoms with van der Waals surface area (Å²) in [6, 6.07) is 0. The molecule has 0 radical (unpaired) electrons. The molecule has 0 spiro atoms. The van der Waals surface area contributed by atoms with E-state index >= 15 is 0 Å². The van der Waals surface area contributed by atoms with E-state index in [1.165, 1.54) is 0 Å². The maximum atomic E-state index is 11.1. The van der Waals surface area contributed by atoms with Gasteiger partial charge in [-0.15, -0.1) is 0 Å². The molecule has 0 amide bonds. The van der Waals surface area contributed by atoms with Crippen LogP contribution in [0.15, 0.2) is 0 Å². The van der Waals surface area contributed by atoms with Crippen molar-refractivity contribution in [1.29, 1.82) is 0 Å². The maximum absolute atomic E-state index is 11.1. The van der Waals surface area contributed by atoms with E-state index in [0.29, 0.717) is 0 Å². The minimum atomic E-state index is -0.316. The van der Waals surface area contributed by atoms with Crippen LogP contribution in [-0.2, 0) is 4.79 Å². The highest BCUT2D eigenvalue weighted by Gasteiger charge is 2.30. The molecule has 66 valence electrons. The first-order chi connectivity index (χ1) is 5.06. The SMILES string of the molecule is CCCCC(Br)(CC)C(=O)Br. The van der Waals surface area contributed by atoms with Crippen LogP contribution in [0, 0.1) is 0 Å². The molecule has 1 atom stereocenters. The Kier molecular flexibility index (Phi) is 5.61. The molecule has 0 saturated carbocycles. The number of carbonyl (C=O) groups is 1. The van der Waals surface area contributed by atoms with Gasteiger partial charge in [-0.3, -0.25) is 4.79 Å². The molecule has 0 N–H and O–H groups in total. The van der Waals surface area contributed by atoms with Gasteiger partial charge in [0, 0.05) is 0 Å². The van der Waals surface area contributed by atoms with E-state index in [1.807, 2.05) is 6.92 Å². The molecule has 0 saturated heterocycles. The molecular formula is C8H14Br2O. The first kappa shape index (κ1) is 11.6. The normalized spacial score (nSPS) is 16.0. The van der Waals surface area contributed by atoms with Crippen molar-refractivity contribution < 1.29 is 4.79 Å². The van der Waals surface area contributed by atoms with Crippen LogP contribution in [0.1, 0.15) is 39.5 Å². The van der Waals surface area contributed by atoms with Crippen LogP contribution in [-0.4, -0.2) is 9.02 Å². The van der Waals surface area contributed by atoms with Crippen molar-refractivity contribution in [3.05, 3.63) is 0 Å². The molecule has 1 nitrogen and oxygen atoms in total. The Labute approximate surface area is 85.2 Å². The van der Waals surface area contributed by atoms with Crippen molar-refractivity contribution in [2.75, 3.05) is 0 Å². The van der Waals surface area contributed by atoms with Crippen LogP contribution in [0.25, 0.3) is 0 Å². The number of unbranched alkanes of at least 4 members (excludes halogenated alkanes) is 1. The Morgan fingerprint density at radius 1 is 1.45 bits per heavy atom. The second-order valence-electron chi connectivity index (χ2n) is 2.70. The van der Waals surface area contributed by atoms with Crippen molar-refractivity contribution >= 4 is 36.6 Å². The molecule has 0 aromatic rings. The van der Waals surface area contributed by atoms with Gasteiger partial charge in [0.25, 0.3) is 0 Å². The molecule has 3 heteroatoms. The van der Waals surface area contributed by atoms with E-state index in [4.69, 9.17) is 0 Å².